The van der Waals surface area contributed by atoms with Gasteiger partial charge in [-0.25, -0.2) is 8.70 Å². The van der Waals surface area contributed by atoms with Crippen molar-refractivity contribution in [3.8, 4) is 0 Å². The van der Waals surface area contributed by atoms with Gasteiger partial charge in [-0.05, 0) is 48.7 Å². The minimum atomic E-state index is -4.15. The van der Waals surface area contributed by atoms with Crippen LogP contribution >= 0.6 is 23.2 Å². The largest absolute Gasteiger partial charge is 0.354 e. The molecule has 0 unspecified atom stereocenters. The number of hydrogen-bond donors (Lipinski definition) is 1. The smallest absolute Gasteiger partial charge is 0.304 e. The zero-order valence-corrected chi connectivity index (χ0v) is 23.9. The van der Waals surface area contributed by atoms with Crippen LogP contribution in [0.1, 0.15) is 32.8 Å². The van der Waals surface area contributed by atoms with Crippen LogP contribution in [-0.2, 0) is 26.3 Å². The van der Waals surface area contributed by atoms with Crippen molar-refractivity contribution in [2.45, 2.75) is 39.8 Å². The number of halogens is 3. The molecule has 0 bridgehead atoms. The van der Waals surface area contributed by atoms with Gasteiger partial charge in [-0.1, -0.05) is 50.0 Å². The summed E-state index contributed by atoms with van der Waals surface area (Å²) in [7, 11) is -1.50. The lowest BCUT2D eigenvalue weighted by molar-refractivity contribution is -0.140. The van der Waals surface area contributed by atoms with E-state index in [1.54, 1.807) is 25.1 Å². The molecule has 0 saturated heterocycles. The van der Waals surface area contributed by atoms with E-state index >= 15 is 0 Å². The Hall–Kier alpha value is -2.40. The molecular formula is C25H33Cl2FN4O4S. The number of carbonyl (C=O) groups excluding carboxylic acids is 2. The van der Waals surface area contributed by atoms with Crippen molar-refractivity contribution < 1.29 is 22.4 Å². The summed E-state index contributed by atoms with van der Waals surface area (Å²) < 4.78 is 41.7. The first-order valence-electron chi connectivity index (χ1n) is 11.7. The van der Waals surface area contributed by atoms with Crippen molar-refractivity contribution in [1.29, 1.82) is 0 Å². The van der Waals surface area contributed by atoms with Crippen molar-refractivity contribution >= 4 is 50.9 Å². The van der Waals surface area contributed by atoms with Crippen LogP contribution in [0.25, 0.3) is 0 Å². The average molecular weight is 576 g/mol. The summed E-state index contributed by atoms with van der Waals surface area (Å²) >= 11 is 12.7. The van der Waals surface area contributed by atoms with Gasteiger partial charge in [0.25, 0.3) is 0 Å². The summed E-state index contributed by atoms with van der Waals surface area (Å²) in [6.07, 6.45) is 0.259. The van der Waals surface area contributed by atoms with E-state index in [1.165, 1.54) is 31.1 Å². The summed E-state index contributed by atoms with van der Waals surface area (Å²) in [4.78, 5) is 28.2. The van der Waals surface area contributed by atoms with Gasteiger partial charge in [-0.2, -0.15) is 12.7 Å². The van der Waals surface area contributed by atoms with Crippen LogP contribution < -0.4 is 9.62 Å². The van der Waals surface area contributed by atoms with Gasteiger partial charge in [0.15, 0.2) is 0 Å². The maximum atomic E-state index is 13.8. The van der Waals surface area contributed by atoms with E-state index in [1.807, 2.05) is 13.8 Å². The Morgan fingerprint density at radius 1 is 1.03 bits per heavy atom. The number of hydrogen-bond acceptors (Lipinski definition) is 4. The normalized spacial score (nSPS) is 12.5. The SMILES string of the molecule is CC[C@@H](C(=O)NCC(C)C)N(Cc1c(Cl)cccc1Cl)C(=O)CN(c1ccc(F)cc1)S(=O)(=O)N(C)C. The Balaban J connectivity index is 2.54. The summed E-state index contributed by atoms with van der Waals surface area (Å²) in [6.45, 7) is 5.29. The lowest BCUT2D eigenvalue weighted by Gasteiger charge is -2.34. The van der Waals surface area contributed by atoms with Crippen molar-refractivity contribution in [3.63, 3.8) is 0 Å². The van der Waals surface area contributed by atoms with Crippen molar-refractivity contribution in [3.05, 3.63) is 63.9 Å². The lowest BCUT2D eigenvalue weighted by Crippen LogP contribution is -2.53. The van der Waals surface area contributed by atoms with E-state index in [4.69, 9.17) is 23.2 Å². The highest BCUT2D eigenvalue weighted by Gasteiger charge is 2.34. The Bertz CT molecular complexity index is 1170. The van der Waals surface area contributed by atoms with Crippen LogP contribution in [0.2, 0.25) is 10.0 Å². The highest BCUT2D eigenvalue weighted by molar-refractivity contribution is 7.90. The van der Waals surface area contributed by atoms with Crippen LogP contribution in [0.3, 0.4) is 0 Å². The van der Waals surface area contributed by atoms with Crippen LogP contribution in [0.4, 0.5) is 10.1 Å². The van der Waals surface area contributed by atoms with Crippen molar-refractivity contribution in [2.24, 2.45) is 5.92 Å². The molecule has 2 aromatic rings. The van der Waals surface area contributed by atoms with E-state index in [2.05, 4.69) is 5.32 Å². The number of nitrogens with one attached hydrogen (secondary N) is 1. The Labute approximate surface area is 228 Å². The van der Waals surface area contributed by atoms with Gasteiger partial charge in [0.1, 0.15) is 18.4 Å². The molecule has 2 aromatic carbocycles. The summed E-state index contributed by atoms with van der Waals surface area (Å²) in [6, 6.07) is 8.72. The van der Waals surface area contributed by atoms with Crippen molar-refractivity contribution in [1.82, 2.24) is 14.5 Å². The fraction of sp³-hybridized carbons (Fsp3) is 0.440. The van der Waals surface area contributed by atoms with Gasteiger partial charge in [0.05, 0.1) is 5.69 Å². The fourth-order valence-electron chi connectivity index (χ4n) is 3.52. The number of nitrogens with zero attached hydrogens (tertiary/aromatic N) is 3. The fourth-order valence-corrected chi connectivity index (χ4v) is 5.09. The number of carbonyl (C=O) groups is 2. The predicted octanol–water partition coefficient (Wildman–Crippen LogP) is 4.32. The zero-order valence-electron chi connectivity index (χ0n) is 21.5. The third-order valence-electron chi connectivity index (χ3n) is 5.59. The number of amides is 2. The number of benzene rings is 2. The Morgan fingerprint density at radius 2 is 1.59 bits per heavy atom. The first-order valence-corrected chi connectivity index (χ1v) is 13.9. The molecule has 37 heavy (non-hydrogen) atoms. The molecule has 0 saturated carbocycles. The molecule has 0 radical (unpaired) electrons. The van der Waals surface area contributed by atoms with Crippen LogP contribution in [0, 0.1) is 11.7 Å². The van der Waals surface area contributed by atoms with E-state index in [-0.39, 0.29) is 30.5 Å². The standard InChI is InChI=1S/C25H33Cl2FN4O4S/c1-6-23(25(34)29-14-17(2)3)31(15-20-21(26)8-7-9-22(20)27)24(33)16-32(37(35,36)30(4)5)19-12-10-18(28)11-13-19/h7-13,17,23H,6,14-16H2,1-5H3,(H,29,34)/t23-/m0/s1. The molecule has 0 heterocycles. The van der Waals surface area contributed by atoms with Crippen LogP contribution in [-0.4, -0.2) is 62.7 Å². The maximum Gasteiger partial charge on any atom is 0.304 e. The third-order valence-corrected chi connectivity index (χ3v) is 8.12. The van der Waals surface area contributed by atoms with E-state index < -0.39 is 34.5 Å². The molecule has 1 atom stereocenters. The molecule has 2 rings (SSSR count). The highest BCUT2D eigenvalue weighted by atomic mass is 35.5. The van der Waals surface area contributed by atoms with Crippen molar-refractivity contribution in [2.75, 3.05) is 31.5 Å². The molecule has 8 nitrogen and oxygen atoms in total. The number of anilines is 1. The van der Waals surface area contributed by atoms with E-state index in [9.17, 15) is 22.4 Å². The molecule has 0 aliphatic carbocycles. The molecule has 0 aliphatic rings. The molecule has 0 aromatic heterocycles. The van der Waals surface area contributed by atoms with E-state index in [0.717, 1.165) is 20.7 Å². The summed E-state index contributed by atoms with van der Waals surface area (Å²) in [5.41, 5.74) is 0.523. The third kappa shape index (κ3) is 8.04. The molecule has 0 aliphatic heterocycles. The monoisotopic (exact) mass is 574 g/mol. The predicted molar refractivity (Wildman–Crippen MR) is 145 cm³/mol. The lowest BCUT2D eigenvalue weighted by atomic mass is 10.1. The number of rotatable bonds is 12. The van der Waals surface area contributed by atoms with E-state index in [0.29, 0.717) is 22.2 Å². The Kier molecular flexibility index (Phi) is 11.2. The zero-order chi connectivity index (χ0) is 27.9. The van der Waals surface area contributed by atoms with Gasteiger partial charge < -0.3 is 10.2 Å². The quantitative estimate of drug-likeness (QED) is 0.408. The Morgan fingerprint density at radius 3 is 2.08 bits per heavy atom. The van der Waals surface area contributed by atoms with Gasteiger partial charge in [0.2, 0.25) is 11.8 Å². The molecule has 0 spiro atoms. The average Bonchev–Trinajstić information content (AvgIpc) is 2.83. The highest BCUT2D eigenvalue weighted by Crippen LogP contribution is 2.28. The molecule has 0 fully saturated rings. The first kappa shape index (κ1) is 30.8. The maximum absolute atomic E-state index is 13.8. The molecule has 1 N–H and O–H groups in total. The van der Waals surface area contributed by atoms with Gasteiger partial charge in [-0.15, -0.1) is 0 Å². The summed E-state index contributed by atoms with van der Waals surface area (Å²) in [5, 5.41) is 3.45. The minimum Gasteiger partial charge on any atom is -0.354 e. The summed E-state index contributed by atoms with van der Waals surface area (Å²) in [5.74, 6) is -1.41. The topological polar surface area (TPSA) is 90.0 Å². The van der Waals surface area contributed by atoms with Gasteiger partial charge in [0, 0.05) is 42.8 Å². The van der Waals surface area contributed by atoms with Crippen LogP contribution in [0.15, 0.2) is 42.5 Å². The minimum absolute atomic E-state index is 0.0940. The second-order valence-corrected chi connectivity index (χ2v) is 11.9. The second kappa shape index (κ2) is 13.4. The molecule has 12 heteroatoms. The molecule has 204 valence electrons. The van der Waals surface area contributed by atoms with Crippen LogP contribution in [0.5, 0.6) is 0 Å². The van der Waals surface area contributed by atoms with Gasteiger partial charge >= 0.3 is 10.2 Å². The van der Waals surface area contributed by atoms with Gasteiger partial charge in [-0.3, -0.25) is 9.59 Å². The first-order chi connectivity index (χ1) is 17.3. The molecular weight excluding hydrogens is 542 g/mol. The molecule has 2 amide bonds. The second-order valence-electron chi connectivity index (χ2n) is 9.06.